The van der Waals surface area contributed by atoms with Crippen LogP contribution in [0.2, 0.25) is 0 Å². The number of methoxy groups -OCH3 is 1. The zero-order valence-electron chi connectivity index (χ0n) is 8.15. The number of aromatic nitrogens is 1. The van der Waals surface area contributed by atoms with Crippen LogP contribution >= 0.6 is 11.3 Å². The summed E-state index contributed by atoms with van der Waals surface area (Å²) in [6, 6.07) is 0. The van der Waals surface area contributed by atoms with Crippen LogP contribution in [0.1, 0.15) is 30.7 Å². The Morgan fingerprint density at radius 1 is 1.62 bits per heavy atom. The standard InChI is InChI=1S/C9H15NO2S/c1-6(2)8(12-3)9-10-7(4-11)5-13-9/h5-6,8,11H,4H2,1-3H3. The van der Waals surface area contributed by atoms with E-state index in [1.807, 2.05) is 5.38 Å². The summed E-state index contributed by atoms with van der Waals surface area (Å²) in [5, 5.41) is 11.7. The van der Waals surface area contributed by atoms with Crippen molar-refractivity contribution in [2.45, 2.75) is 26.6 Å². The first-order chi connectivity index (χ1) is 6.19. The minimum Gasteiger partial charge on any atom is -0.390 e. The van der Waals surface area contributed by atoms with Gasteiger partial charge >= 0.3 is 0 Å². The van der Waals surface area contributed by atoms with Crippen molar-refractivity contribution in [2.75, 3.05) is 7.11 Å². The van der Waals surface area contributed by atoms with E-state index in [2.05, 4.69) is 18.8 Å². The Hall–Kier alpha value is -0.450. The summed E-state index contributed by atoms with van der Waals surface area (Å²) < 4.78 is 5.32. The highest BCUT2D eigenvalue weighted by Crippen LogP contribution is 2.27. The molecule has 0 aliphatic heterocycles. The molecule has 0 spiro atoms. The van der Waals surface area contributed by atoms with Crippen LogP contribution < -0.4 is 0 Å². The molecule has 13 heavy (non-hydrogen) atoms. The van der Waals surface area contributed by atoms with Crippen molar-refractivity contribution in [1.82, 2.24) is 4.98 Å². The van der Waals surface area contributed by atoms with Gasteiger partial charge in [-0.15, -0.1) is 11.3 Å². The van der Waals surface area contributed by atoms with Crippen molar-refractivity contribution in [3.05, 3.63) is 16.1 Å². The molecule has 1 atom stereocenters. The minimum atomic E-state index is 0.00499. The molecule has 0 radical (unpaired) electrons. The monoisotopic (exact) mass is 201 g/mol. The van der Waals surface area contributed by atoms with E-state index in [0.29, 0.717) is 5.92 Å². The summed E-state index contributed by atoms with van der Waals surface area (Å²) in [4.78, 5) is 4.26. The van der Waals surface area contributed by atoms with Crippen LogP contribution in [0.4, 0.5) is 0 Å². The summed E-state index contributed by atoms with van der Waals surface area (Å²) >= 11 is 1.54. The van der Waals surface area contributed by atoms with Gasteiger partial charge in [0.1, 0.15) is 11.1 Å². The molecule has 0 saturated heterocycles. The maximum absolute atomic E-state index is 8.85. The predicted molar refractivity (Wildman–Crippen MR) is 52.6 cm³/mol. The minimum absolute atomic E-state index is 0.00499. The first kappa shape index (κ1) is 10.6. The molecule has 1 rings (SSSR count). The van der Waals surface area contributed by atoms with Gasteiger partial charge in [-0.25, -0.2) is 4.98 Å². The van der Waals surface area contributed by atoms with Gasteiger partial charge in [0.05, 0.1) is 12.3 Å². The van der Waals surface area contributed by atoms with Gasteiger partial charge in [0.15, 0.2) is 0 Å². The van der Waals surface area contributed by atoms with Crippen LogP contribution in [-0.2, 0) is 11.3 Å². The third-order valence-electron chi connectivity index (χ3n) is 1.83. The summed E-state index contributed by atoms with van der Waals surface area (Å²) in [6.07, 6.45) is 0.0466. The summed E-state index contributed by atoms with van der Waals surface area (Å²) in [5.41, 5.74) is 0.725. The van der Waals surface area contributed by atoms with Gasteiger partial charge in [-0.1, -0.05) is 13.8 Å². The fourth-order valence-corrected chi connectivity index (χ4v) is 2.24. The molecule has 1 N–H and O–H groups in total. The molecule has 1 heterocycles. The zero-order chi connectivity index (χ0) is 9.84. The lowest BCUT2D eigenvalue weighted by Crippen LogP contribution is -2.08. The van der Waals surface area contributed by atoms with E-state index >= 15 is 0 Å². The lowest BCUT2D eigenvalue weighted by Gasteiger charge is -2.15. The first-order valence-corrected chi connectivity index (χ1v) is 5.15. The number of aliphatic hydroxyl groups excluding tert-OH is 1. The Labute approximate surface area is 82.4 Å². The van der Waals surface area contributed by atoms with Gasteiger partial charge in [-0.3, -0.25) is 0 Å². The maximum atomic E-state index is 8.85. The fraction of sp³-hybridized carbons (Fsp3) is 0.667. The Bertz CT molecular complexity index is 260. The lowest BCUT2D eigenvalue weighted by molar-refractivity contribution is 0.0641. The predicted octanol–water partition coefficient (Wildman–Crippen LogP) is 1.98. The molecule has 0 saturated carbocycles. The van der Waals surface area contributed by atoms with Crippen molar-refractivity contribution in [3.8, 4) is 0 Å². The summed E-state index contributed by atoms with van der Waals surface area (Å²) in [7, 11) is 1.69. The summed E-state index contributed by atoms with van der Waals surface area (Å²) in [6.45, 7) is 4.19. The van der Waals surface area contributed by atoms with Gasteiger partial charge in [0.25, 0.3) is 0 Å². The van der Waals surface area contributed by atoms with Crippen molar-refractivity contribution in [2.24, 2.45) is 5.92 Å². The molecular formula is C9H15NO2S. The normalized spacial score (nSPS) is 13.6. The van der Waals surface area contributed by atoms with E-state index in [0.717, 1.165) is 10.7 Å². The van der Waals surface area contributed by atoms with Crippen molar-refractivity contribution in [1.29, 1.82) is 0 Å². The Balaban J connectivity index is 2.79. The van der Waals surface area contributed by atoms with Gasteiger partial charge in [-0.05, 0) is 5.92 Å². The van der Waals surface area contributed by atoms with Crippen LogP contribution in [0.25, 0.3) is 0 Å². The molecule has 74 valence electrons. The molecule has 1 aromatic rings. The van der Waals surface area contributed by atoms with Gasteiger partial charge < -0.3 is 9.84 Å². The largest absolute Gasteiger partial charge is 0.390 e. The van der Waals surface area contributed by atoms with Crippen LogP contribution in [0, 0.1) is 5.92 Å². The number of nitrogens with zero attached hydrogens (tertiary/aromatic N) is 1. The highest BCUT2D eigenvalue weighted by Gasteiger charge is 2.18. The topological polar surface area (TPSA) is 42.4 Å². The van der Waals surface area contributed by atoms with Crippen molar-refractivity contribution < 1.29 is 9.84 Å². The highest BCUT2D eigenvalue weighted by atomic mass is 32.1. The fourth-order valence-electron chi connectivity index (χ4n) is 1.18. The van der Waals surface area contributed by atoms with Gasteiger partial charge in [0.2, 0.25) is 0 Å². The second kappa shape index (κ2) is 4.69. The first-order valence-electron chi connectivity index (χ1n) is 4.27. The summed E-state index contributed by atoms with van der Waals surface area (Å²) in [5.74, 6) is 0.405. The van der Waals surface area contributed by atoms with E-state index in [1.54, 1.807) is 7.11 Å². The second-order valence-corrected chi connectivity index (χ2v) is 4.13. The quantitative estimate of drug-likeness (QED) is 0.810. The Kier molecular flexibility index (Phi) is 3.84. The van der Waals surface area contributed by atoms with Crippen LogP contribution in [0.15, 0.2) is 5.38 Å². The Morgan fingerprint density at radius 3 is 2.69 bits per heavy atom. The molecule has 1 unspecified atom stereocenters. The van der Waals surface area contributed by atoms with Crippen molar-refractivity contribution >= 4 is 11.3 Å². The number of ether oxygens (including phenoxy) is 1. The number of aliphatic hydroxyl groups is 1. The molecule has 0 amide bonds. The van der Waals surface area contributed by atoms with E-state index in [4.69, 9.17) is 9.84 Å². The van der Waals surface area contributed by atoms with E-state index in [9.17, 15) is 0 Å². The maximum Gasteiger partial charge on any atom is 0.122 e. The average molecular weight is 201 g/mol. The van der Waals surface area contributed by atoms with E-state index < -0.39 is 0 Å². The van der Waals surface area contributed by atoms with E-state index in [-0.39, 0.29) is 12.7 Å². The molecule has 3 nitrogen and oxygen atoms in total. The smallest absolute Gasteiger partial charge is 0.122 e. The number of hydrogen-bond donors (Lipinski definition) is 1. The van der Waals surface area contributed by atoms with Gasteiger partial charge in [-0.2, -0.15) is 0 Å². The van der Waals surface area contributed by atoms with E-state index in [1.165, 1.54) is 11.3 Å². The number of hydrogen-bond acceptors (Lipinski definition) is 4. The third kappa shape index (κ3) is 2.49. The molecule has 0 aliphatic rings. The molecule has 0 aliphatic carbocycles. The zero-order valence-corrected chi connectivity index (χ0v) is 8.97. The van der Waals surface area contributed by atoms with Crippen LogP contribution in [0.5, 0.6) is 0 Å². The average Bonchev–Trinajstić information content (AvgIpc) is 2.53. The third-order valence-corrected chi connectivity index (χ3v) is 2.79. The number of rotatable bonds is 4. The molecule has 0 fully saturated rings. The SMILES string of the molecule is COC(c1nc(CO)cs1)C(C)C. The molecule has 0 aromatic carbocycles. The Morgan fingerprint density at radius 2 is 2.31 bits per heavy atom. The highest BCUT2D eigenvalue weighted by molar-refractivity contribution is 7.09. The van der Waals surface area contributed by atoms with Crippen molar-refractivity contribution in [3.63, 3.8) is 0 Å². The molecule has 1 aromatic heterocycles. The molecule has 4 heteroatoms. The number of thiazole rings is 1. The van der Waals surface area contributed by atoms with Gasteiger partial charge in [0, 0.05) is 12.5 Å². The molecular weight excluding hydrogens is 186 g/mol. The second-order valence-electron chi connectivity index (χ2n) is 3.24. The molecule has 0 bridgehead atoms. The van der Waals surface area contributed by atoms with Crippen LogP contribution in [-0.4, -0.2) is 17.2 Å². The van der Waals surface area contributed by atoms with Crippen LogP contribution in [0.3, 0.4) is 0 Å². The lowest BCUT2D eigenvalue weighted by atomic mass is 10.1.